The second kappa shape index (κ2) is 8.75. The minimum absolute atomic E-state index is 0.0543. The predicted octanol–water partition coefficient (Wildman–Crippen LogP) is 0.613. The molecule has 3 N–H and O–H groups in total. The number of aliphatic carboxylic acids is 1. The second-order valence-corrected chi connectivity index (χ2v) is 6.15. The Kier molecular flexibility index (Phi) is 6.42. The zero-order valence-electron chi connectivity index (χ0n) is 14.5. The van der Waals surface area contributed by atoms with Crippen molar-refractivity contribution in [2.24, 2.45) is 5.92 Å². The van der Waals surface area contributed by atoms with Gasteiger partial charge in [0.1, 0.15) is 6.04 Å². The quantitative estimate of drug-likeness (QED) is 0.634. The Labute approximate surface area is 150 Å². The van der Waals surface area contributed by atoms with Gasteiger partial charge < -0.3 is 15.7 Å². The van der Waals surface area contributed by atoms with Gasteiger partial charge in [-0.3, -0.25) is 9.59 Å². The minimum atomic E-state index is -1.11. The van der Waals surface area contributed by atoms with Crippen LogP contribution in [0.1, 0.15) is 30.8 Å². The highest BCUT2D eigenvalue weighted by molar-refractivity contribution is 5.95. The van der Waals surface area contributed by atoms with E-state index in [1.807, 2.05) is 44.2 Å². The minimum Gasteiger partial charge on any atom is -0.480 e. The van der Waals surface area contributed by atoms with E-state index in [0.717, 1.165) is 5.69 Å². The molecule has 2 amide bonds. The van der Waals surface area contributed by atoms with E-state index >= 15 is 0 Å². The van der Waals surface area contributed by atoms with E-state index in [0.29, 0.717) is 6.42 Å². The first kappa shape index (κ1) is 19.1. The van der Waals surface area contributed by atoms with Crippen molar-refractivity contribution in [2.75, 3.05) is 6.54 Å². The molecule has 9 nitrogen and oxygen atoms in total. The predicted molar refractivity (Wildman–Crippen MR) is 92.7 cm³/mol. The average Bonchev–Trinajstić information content (AvgIpc) is 3.09. The van der Waals surface area contributed by atoms with Gasteiger partial charge in [-0.1, -0.05) is 37.3 Å². The third-order valence-corrected chi connectivity index (χ3v) is 3.50. The van der Waals surface area contributed by atoms with Crippen molar-refractivity contribution in [3.05, 3.63) is 42.2 Å². The molecule has 0 aliphatic rings. The number of carboxylic acids is 1. The lowest BCUT2D eigenvalue weighted by Gasteiger charge is -2.16. The number of carbonyl (C=O) groups excluding carboxylic acids is 2. The number of benzene rings is 1. The summed E-state index contributed by atoms with van der Waals surface area (Å²) in [6.45, 7) is 3.37. The highest BCUT2D eigenvalue weighted by atomic mass is 16.4. The van der Waals surface area contributed by atoms with Crippen molar-refractivity contribution >= 4 is 17.8 Å². The molecule has 1 aromatic heterocycles. The van der Waals surface area contributed by atoms with E-state index in [1.54, 1.807) is 0 Å². The fourth-order valence-corrected chi connectivity index (χ4v) is 2.26. The van der Waals surface area contributed by atoms with Gasteiger partial charge in [-0.05, 0) is 24.5 Å². The number of carboxylic acid groups (broad SMARTS) is 1. The first-order chi connectivity index (χ1) is 12.4. The molecule has 0 fully saturated rings. The monoisotopic (exact) mass is 359 g/mol. The average molecular weight is 359 g/mol. The van der Waals surface area contributed by atoms with Crippen LogP contribution in [0.15, 0.2) is 36.5 Å². The van der Waals surface area contributed by atoms with Crippen LogP contribution >= 0.6 is 0 Å². The van der Waals surface area contributed by atoms with Gasteiger partial charge in [-0.15, -0.1) is 5.10 Å². The van der Waals surface area contributed by atoms with Crippen molar-refractivity contribution in [2.45, 2.75) is 26.3 Å². The highest BCUT2D eigenvalue weighted by Gasteiger charge is 2.21. The number of rotatable bonds is 8. The molecule has 0 unspecified atom stereocenters. The number of amides is 2. The third kappa shape index (κ3) is 5.40. The van der Waals surface area contributed by atoms with Gasteiger partial charge in [0.2, 0.25) is 5.91 Å². The van der Waals surface area contributed by atoms with Crippen LogP contribution in [0.3, 0.4) is 0 Å². The van der Waals surface area contributed by atoms with E-state index < -0.39 is 23.8 Å². The standard InChI is InChI=1S/C17H21N5O4/c1-11(2)8-13(17(25)26)19-15(23)9-18-16(24)14-10-22(21-20-14)12-6-4-3-5-7-12/h3-7,10-11,13H,8-9H2,1-2H3,(H,18,24)(H,19,23)(H,25,26)/t13-/m0/s1. The summed E-state index contributed by atoms with van der Waals surface area (Å²) in [5, 5.41) is 21.5. The lowest BCUT2D eigenvalue weighted by Crippen LogP contribution is -2.46. The molecular formula is C17H21N5O4. The van der Waals surface area contributed by atoms with Gasteiger partial charge in [0, 0.05) is 0 Å². The number of hydrogen-bond acceptors (Lipinski definition) is 5. The van der Waals surface area contributed by atoms with Crippen molar-refractivity contribution in [3.63, 3.8) is 0 Å². The van der Waals surface area contributed by atoms with Gasteiger partial charge in [0.05, 0.1) is 18.4 Å². The molecular weight excluding hydrogens is 338 g/mol. The van der Waals surface area contributed by atoms with E-state index in [-0.39, 0.29) is 18.2 Å². The largest absolute Gasteiger partial charge is 0.480 e. The van der Waals surface area contributed by atoms with Crippen LogP contribution in [-0.2, 0) is 9.59 Å². The summed E-state index contributed by atoms with van der Waals surface area (Å²) in [7, 11) is 0. The molecule has 26 heavy (non-hydrogen) atoms. The summed E-state index contributed by atoms with van der Waals surface area (Å²) >= 11 is 0. The molecule has 1 aromatic carbocycles. The van der Waals surface area contributed by atoms with Gasteiger partial charge in [0.25, 0.3) is 5.91 Å². The van der Waals surface area contributed by atoms with E-state index in [2.05, 4.69) is 20.9 Å². The van der Waals surface area contributed by atoms with Gasteiger partial charge in [0.15, 0.2) is 5.69 Å². The fraction of sp³-hybridized carbons (Fsp3) is 0.353. The molecule has 0 spiro atoms. The number of aromatic nitrogens is 3. The van der Waals surface area contributed by atoms with Crippen LogP contribution in [0, 0.1) is 5.92 Å². The maximum atomic E-state index is 12.1. The molecule has 0 aliphatic heterocycles. The third-order valence-electron chi connectivity index (χ3n) is 3.50. The Hall–Kier alpha value is -3.23. The molecule has 2 rings (SSSR count). The molecule has 0 saturated heterocycles. The molecule has 2 aromatic rings. The molecule has 0 bridgehead atoms. The van der Waals surface area contributed by atoms with Crippen LogP contribution < -0.4 is 10.6 Å². The van der Waals surface area contributed by atoms with Crippen LogP contribution in [0.5, 0.6) is 0 Å². The van der Waals surface area contributed by atoms with Gasteiger partial charge in [-0.2, -0.15) is 0 Å². The topological polar surface area (TPSA) is 126 Å². The Balaban J connectivity index is 1.89. The zero-order valence-corrected chi connectivity index (χ0v) is 14.5. The second-order valence-electron chi connectivity index (χ2n) is 6.15. The normalized spacial score (nSPS) is 11.8. The smallest absolute Gasteiger partial charge is 0.326 e. The maximum absolute atomic E-state index is 12.1. The van der Waals surface area contributed by atoms with E-state index in [1.165, 1.54) is 10.9 Å². The van der Waals surface area contributed by atoms with Crippen LogP contribution in [0.25, 0.3) is 5.69 Å². The molecule has 1 heterocycles. The summed E-state index contributed by atoms with van der Waals surface area (Å²) < 4.78 is 1.44. The van der Waals surface area contributed by atoms with E-state index in [9.17, 15) is 14.4 Å². The van der Waals surface area contributed by atoms with Crippen LogP contribution in [0.2, 0.25) is 0 Å². The van der Waals surface area contributed by atoms with Crippen molar-refractivity contribution < 1.29 is 19.5 Å². The summed E-state index contributed by atoms with van der Waals surface area (Å²) in [6, 6.07) is 8.15. The molecule has 9 heteroatoms. The van der Waals surface area contributed by atoms with Crippen molar-refractivity contribution in [1.82, 2.24) is 25.6 Å². The van der Waals surface area contributed by atoms with E-state index in [4.69, 9.17) is 5.11 Å². The van der Waals surface area contributed by atoms with Crippen LogP contribution in [-0.4, -0.2) is 50.5 Å². The lowest BCUT2D eigenvalue weighted by atomic mass is 10.0. The Morgan fingerprint density at radius 2 is 1.88 bits per heavy atom. The van der Waals surface area contributed by atoms with Crippen LogP contribution in [0.4, 0.5) is 0 Å². The molecule has 1 atom stereocenters. The molecule has 0 aliphatic carbocycles. The number of para-hydroxylation sites is 1. The summed E-state index contributed by atoms with van der Waals surface area (Å²) in [4.78, 5) is 35.1. The Morgan fingerprint density at radius 1 is 1.19 bits per heavy atom. The SMILES string of the molecule is CC(C)C[C@H](NC(=O)CNC(=O)c1cn(-c2ccccc2)nn1)C(=O)O. The molecule has 0 saturated carbocycles. The van der Waals surface area contributed by atoms with Crippen molar-refractivity contribution in [3.8, 4) is 5.69 Å². The number of nitrogens with one attached hydrogen (secondary N) is 2. The van der Waals surface area contributed by atoms with Gasteiger partial charge in [-0.25, -0.2) is 9.48 Å². The number of hydrogen-bond donors (Lipinski definition) is 3. The highest BCUT2D eigenvalue weighted by Crippen LogP contribution is 2.06. The summed E-state index contributed by atoms with van der Waals surface area (Å²) in [5.41, 5.74) is 0.799. The number of carbonyl (C=O) groups is 3. The lowest BCUT2D eigenvalue weighted by molar-refractivity contribution is -0.142. The first-order valence-electron chi connectivity index (χ1n) is 8.15. The Bertz CT molecular complexity index is 772. The van der Waals surface area contributed by atoms with Crippen molar-refractivity contribution in [1.29, 1.82) is 0 Å². The first-order valence-corrected chi connectivity index (χ1v) is 8.15. The fourth-order valence-electron chi connectivity index (χ4n) is 2.26. The summed E-state index contributed by atoms with van der Waals surface area (Å²) in [5.74, 6) is -2.15. The molecule has 138 valence electrons. The Morgan fingerprint density at radius 3 is 2.50 bits per heavy atom. The maximum Gasteiger partial charge on any atom is 0.326 e. The number of nitrogens with zero attached hydrogens (tertiary/aromatic N) is 3. The molecule has 0 radical (unpaired) electrons. The zero-order chi connectivity index (χ0) is 19.1. The van der Waals surface area contributed by atoms with Gasteiger partial charge >= 0.3 is 5.97 Å². The summed E-state index contributed by atoms with van der Waals surface area (Å²) in [6.07, 6.45) is 1.75.